The van der Waals surface area contributed by atoms with Crippen molar-refractivity contribution in [2.45, 2.75) is 96.8 Å². The van der Waals surface area contributed by atoms with Gasteiger partial charge in [-0.05, 0) is 67.1 Å². The number of rotatable bonds is 8. The van der Waals surface area contributed by atoms with Gasteiger partial charge < -0.3 is 4.74 Å². The fourth-order valence-corrected chi connectivity index (χ4v) is 5.45. The van der Waals surface area contributed by atoms with Crippen LogP contribution < -0.4 is 4.74 Å². The van der Waals surface area contributed by atoms with E-state index in [0.717, 1.165) is 31.2 Å². The van der Waals surface area contributed by atoms with Gasteiger partial charge in [-0.1, -0.05) is 58.3 Å². The molecule has 1 aromatic rings. The summed E-state index contributed by atoms with van der Waals surface area (Å²) in [4.78, 5) is 0. The van der Waals surface area contributed by atoms with Gasteiger partial charge in [0.2, 0.25) is 5.75 Å². The van der Waals surface area contributed by atoms with E-state index in [2.05, 4.69) is 11.7 Å². The van der Waals surface area contributed by atoms with Gasteiger partial charge in [0.1, 0.15) is 0 Å². The van der Waals surface area contributed by atoms with E-state index in [9.17, 15) is 22.0 Å². The molecule has 2 aliphatic rings. The Morgan fingerprint density at radius 3 is 2.30 bits per heavy atom. The van der Waals surface area contributed by atoms with Crippen LogP contribution in [0.1, 0.15) is 88.7 Å². The number of fused-ring (bicyclic) bond motifs is 1. The number of unbranched alkanes of at least 4 members (excludes halogenated alkanes) is 4. The van der Waals surface area contributed by atoms with Gasteiger partial charge in [0.05, 0.1) is 0 Å². The highest BCUT2D eigenvalue weighted by Crippen LogP contribution is 2.43. The zero-order valence-electron chi connectivity index (χ0n) is 17.8. The highest BCUT2D eigenvalue weighted by atomic mass is 19.4. The SMILES string of the molecule is CCCCCCCC1CCC(C2CCc3c(cc(F)c(OC(F)(F)F)c3F)C2)CC1. The Bertz CT molecular complexity index is 692. The predicted octanol–water partition coefficient (Wildman–Crippen LogP) is 8.14. The predicted molar refractivity (Wildman–Crippen MR) is 107 cm³/mol. The molecule has 1 nitrogen and oxygen atoms in total. The number of ether oxygens (including phenoxy) is 1. The Morgan fingerprint density at radius 2 is 1.63 bits per heavy atom. The smallest absolute Gasteiger partial charge is 0.399 e. The molecule has 30 heavy (non-hydrogen) atoms. The van der Waals surface area contributed by atoms with Gasteiger partial charge in [-0.3, -0.25) is 0 Å². The van der Waals surface area contributed by atoms with Crippen LogP contribution >= 0.6 is 0 Å². The minimum atomic E-state index is -5.11. The summed E-state index contributed by atoms with van der Waals surface area (Å²) in [5, 5.41) is 0. The van der Waals surface area contributed by atoms with E-state index in [4.69, 9.17) is 0 Å². The van der Waals surface area contributed by atoms with E-state index in [0.29, 0.717) is 30.2 Å². The van der Waals surface area contributed by atoms with Crippen molar-refractivity contribution in [3.05, 3.63) is 28.8 Å². The van der Waals surface area contributed by atoms with Crippen LogP contribution in [-0.4, -0.2) is 6.36 Å². The van der Waals surface area contributed by atoms with Gasteiger partial charge in [-0.2, -0.15) is 0 Å². The molecule has 1 unspecified atom stereocenters. The summed E-state index contributed by atoms with van der Waals surface area (Å²) in [6, 6.07) is 1.05. The summed E-state index contributed by atoms with van der Waals surface area (Å²) in [5.41, 5.74) is 0.696. The summed E-state index contributed by atoms with van der Waals surface area (Å²) >= 11 is 0. The largest absolute Gasteiger partial charge is 0.573 e. The summed E-state index contributed by atoms with van der Waals surface area (Å²) in [7, 11) is 0. The molecule has 0 bridgehead atoms. The molecule has 3 rings (SSSR count). The standard InChI is InChI=1S/C24H33F5O/c1-2-3-4-5-6-7-16-8-10-17(11-9-16)18-12-13-20-19(14-18)15-21(25)23(22(20)26)30-24(27,28)29/h15-18H,2-14H2,1H3. The highest BCUT2D eigenvalue weighted by Gasteiger charge is 2.37. The lowest BCUT2D eigenvalue weighted by Gasteiger charge is -2.36. The number of hydrogen-bond acceptors (Lipinski definition) is 1. The number of benzene rings is 1. The first-order valence-corrected chi connectivity index (χ1v) is 11.5. The third-order valence-corrected chi connectivity index (χ3v) is 7.11. The van der Waals surface area contributed by atoms with Crippen LogP contribution in [0.25, 0.3) is 0 Å². The van der Waals surface area contributed by atoms with Crippen molar-refractivity contribution in [1.29, 1.82) is 0 Å². The molecule has 0 spiro atoms. The monoisotopic (exact) mass is 432 g/mol. The molecular formula is C24H33F5O. The van der Waals surface area contributed by atoms with E-state index in [1.165, 1.54) is 51.4 Å². The molecule has 1 saturated carbocycles. The zero-order chi connectivity index (χ0) is 21.7. The summed E-state index contributed by atoms with van der Waals surface area (Å²) in [5.74, 6) is -2.07. The van der Waals surface area contributed by atoms with E-state index < -0.39 is 23.7 Å². The third kappa shape index (κ3) is 6.10. The molecule has 0 saturated heterocycles. The molecule has 0 aromatic heterocycles. The maximum absolute atomic E-state index is 14.5. The number of alkyl halides is 3. The normalized spacial score (nSPS) is 24.5. The molecule has 0 heterocycles. The molecule has 2 aliphatic carbocycles. The fraction of sp³-hybridized carbons (Fsp3) is 0.750. The van der Waals surface area contributed by atoms with Gasteiger partial charge in [-0.25, -0.2) is 8.78 Å². The third-order valence-electron chi connectivity index (χ3n) is 7.11. The van der Waals surface area contributed by atoms with Crippen molar-refractivity contribution in [3.8, 4) is 5.75 Å². The quantitative estimate of drug-likeness (QED) is 0.298. The van der Waals surface area contributed by atoms with E-state index >= 15 is 0 Å². The molecule has 0 aliphatic heterocycles. The second-order valence-electron chi connectivity index (χ2n) is 9.17. The van der Waals surface area contributed by atoms with Gasteiger partial charge in [0.25, 0.3) is 0 Å². The Morgan fingerprint density at radius 1 is 0.933 bits per heavy atom. The average molecular weight is 433 g/mol. The van der Waals surface area contributed by atoms with Crippen LogP contribution in [0.4, 0.5) is 22.0 Å². The lowest BCUT2D eigenvalue weighted by Crippen LogP contribution is -2.28. The van der Waals surface area contributed by atoms with Crippen molar-refractivity contribution in [2.24, 2.45) is 17.8 Å². The van der Waals surface area contributed by atoms with Gasteiger partial charge in [0.15, 0.2) is 11.6 Å². The van der Waals surface area contributed by atoms with Crippen molar-refractivity contribution in [3.63, 3.8) is 0 Å². The minimum absolute atomic E-state index is 0.188. The van der Waals surface area contributed by atoms with Crippen molar-refractivity contribution in [1.82, 2.24) is 0 Å². The van der Waals surface area contributed by atoms with Crippen LogP contribution in [0.5, 0.6) is 5.75 Å². The van der Waals surface area contributed by atoms with Crippen molar-refractivity contribution in [2.75, 3.05) is 0 Å². The molecule has 0 radical (unpaired) electrons. The Balaban J connectivity index is 1.54. The first kappa shape index (κ1) is 23.3. The molecule has 170 valence electrons. The lowest BCUT2D eigenvalue weighted by atomic mass is 9.69. The molecule has 6 heteroatoms. The molecule has 1 atom stereocenters. The molecule has 0 N–H and O–H groups in total. The van der Waals surface area contributed by atoms with Crippen molar-refractivity contribution >= 4 is 0 Å². The summed E-state index contributed by atoms with van der Waals surface area (Å²) in [6.07, 6.45) is 9.14. The number of halogens is 5. The number of hydrogen-bond donors (Lipinski definition) is 0. The second kappa shape index (κ2) is 10.3. The zero-order valence-corrected chi connectivity index (χ0v) is 17.8. The molecule has 0 amide bonds. The second-order valence-corrected chi connectivity index (χ2v) is 9.17. The van der Waals surface area contributed by atoms with Gasteiger partial charge in [0, 0.05) is 0 Å². The maximum Gasteiger partial charge on any atom is 0.573 e. The van der Waals surface area contributed by atoms with Gasteiger partial charge >= 0.3 is 6.36 Å². The van der Waals surface area contributed by atoms with Crippen LogP contribution in [0.15, 0.2) is 6.07 Å². The van der Waals surface area contributed by atoms with Crippen LogP contribution in [0.2, 0.25) is 0 Å². The average Bonchev–Trinajstić information content (AvgIpc) is 2.70. The topological polar surface area (TPSA) is 9.23 Å². The molecular weight excluding hydrogens is 399 g/mol. The molecule has 1 aromatic carbocycles. The van der Waals surface area contributed by atoms with Crippen molar-refractivity contribution < 1.29 is 26.7 Å². The van der Waals surface area contributed by atoms with E-state index in [1.54, 1.807) is 0 Å². The summed E-state index contributed by atoms with van der Waals surface area (Å²) in [6.45, 7) is 2.23. The molecule has 1 fully saturated rings. The van der Waals surface area contributed by atoms with E-state index in [-0.39, 0.29) is 5.56 Å². The fourth-order valence-electron chi connectivity index (χ4n) is 5.45. The Labute approximate surface area is 176 Å². The van der Waals surface area contributed by atoms with Crippen LogP contribution in [-0.2, 0) is 12.8 Å². The first-order valence-electron chi connectivity index (χ1n) is 11.5. The van der Waals surface area contributed by atoms with Crippen LogP contribution in [0.3, 0.4) is 0 Å². The highest BCUT2D eigenvalue weighted by molar-refractivity contribution is 5.41. The Kier molecular flexibility index (Phi) is 8.03. The maximum atomic E-state index is 14.5. The first-order chi connectivity index (χ1) is 14.3. The Hall–Kier alpha value is -1.33. The lowest BCUT2D eigenvalue weighted by molar-refractivity contribution is -0.276. The minimum Gasteiger partial charge on any atom is -0.399 e. The van der Waals surface area contributed by atoms with E-state index in [1.807, 2.05) is 0 Å². The summed E-state index contributed by atoms with van der Waals surface area (Å²) < 4.78 is 69.5. The van der Waals surface area contributed by atoms with Gasteiger partial charge in [-0.15, -0.1) is 13.2 Å². The van der Waals surface area contributed by atoms with Crippen LogP contribution in [0, 0.1) is 29.4 Å².